The van der Waals surface area contributed by atoms with E-state index in [0.29, 0.717) is 33.6 Å². The number of halogens is 2. The molecule has 1 unspecified atom stereocenters. The average Bonchev–Trinajstić information content (AvgIpc) is 3.54. The molecule has 0 aliphatic carbocycles. The molecule has 5 rings (SSSR count). The van der Waals surface area contributed by atoms with Crippen LogP contribution in [-0.4, -0.2) is 58.7 Å². The van der Waals surface area contributed by atoms with Gasteiger partial charge in [0.05, 0.1) is 9.72 Å². The molecule has 0 saturated carbocycles. The van der Waals surface area contributed by atoms with E-state index in [1.54, 1.807) is 0 Å². The zero-order valence-corrected chi connectivity index (χ0v) is 26.0. The molecule has 1 N–H and O–H groups in total. The van der Waals surface area contributed by atoms with E-state index >= 15 is 0 Å². The zero-order chi connectivity index (χ0) is 27.6. The largest absolute Gasteiger partial charge is 0.416 e. The van der Waals surface area contributed by atoms with Crippen molar-refractivity contribution in [3.8, 4) is 0 Å². The number of fused-ring (bicyclic) bond motifs is 2. The van der Waals surface area contributed by atoms with Gasteiger partial charge in [-0.3, -0.25) is 0 Å². The topological polar surface area (TPSA) is 87.9 Å². The van der Waals surface area contributed by atoms with E-state index in [9.17, 15) is 5.11 Å². The number of hydrogen-bond donors (Lipinski definition) is 1. The number of aliphatic hydroxyl groups is 1. The minimum atomic E-state index is -1.90. The van der Waals surface area contributed by atoms with Crippen LogP contribution < -0.4 is 0 Å². The third-order valence-electron chi connectivity index (χ3n) is 7.83. The van der Waals surface area contributed by atoms with Gasteiger partial charge in [-0.1, -0.05) is 44.0 Å². The highest BCUT2D eigenvalue weighted by Crippen LogP contribution is 2.48. The summed E-state index contributed by atoms with van der Waals surface area (Å²) in [5, 5.41) is 12.9. The third kappa shape index (κ3) is 5.20. The highest BCUT2D eigenvalue weighted by molar-refractivity contribution is 7.16. The van der Waals surface area contributed by atoms with Crippen molar-refractivity contribution in [2.75, 3.05) is 6.61 Å². The molecule has 2 fully saturated rings. The van der Waals surface area contributed by atoms with E-state index < -0.39 is 44.7 Å². The molecule has 38 heavy (non-hydrogen) atoms. The summed E-state index contributed by atoms with van der Waals surface area (Å²) in [5.41, 5.74) is 1.58. The van der Waals surface area contributed by atoms with Gasteiger partial charge in [0.1, 0.15) is 41.5 Å². The highest BCUT2D eigenvalue weighted by atomic mass is 35.5. The lowest BCUT2D eigenvalue weighted by molar-refractivity contribution is -0.207. The van der Waals surface area contributed by atoms with Gasteiger partial charge in [-0.25, -0.2) is 9.97 Å². The van der Waals surface area contributed by atoms with Crippen molar-refractivity contribution in [1.29, 1.82) is 0 Å². The summed E-state index contributed by atoms with van der Waals surface area (Å²) >= 11 is 14.1. The van der Waals surface area contributed by atoms with Crippen LogP contribution >= 0.6 is 34.5 Å². The fraction of sp³-hybridized carbons (Fsp3) is 0.615. The molecule has 0 bridgehead atoms. The second kappa shape index (κ2) is 10.1. The normalized spacial score (nSPS) is 26.3. The van der Waals surface area contributed by atoms with Gasteiger partial charge in [-0.2, -0.15) is 0 Å². The van der Waals surface area contributed by atoms with Crippen LogP contribution in [0.15, 0.2) is 24.7 Å². The molecule has 0 spiro atoms. The molecule has 0 aromatic carbocycles. The van der Waals surface area contributed by atoms with Crippen molar-refractivity contribution in [3.05, 3.63) is 44.6 Å². The number of rotatable bonds is 7. The van der Waals surface area contributed by atoms with E-state index in [1.807, 2.05) is 36.7 Å². The second-order valence-corrected chi connectivity index (χ2v) is 18.8. The minimum Gasteiger partial charge on any atom is -0.416 e. The summed E-state index contributed by atoms with van der Waals surface area (Å²) in [7, 11) is -1.90. The SMILES string of the molecule is CC1(C)O[C@@H]2[C@@H]([C@@H](O)c3sc(Cl)cc3CCO[Si](C)(C)C(C)(C)C)OC(n3ccc4c(Cl)ncnc43)[C@@H]2O1. The van der Waals surface area contributed by atoms with Gasteiger partial charge in [-0.15, -0.1) is 11.3 Å². The monoisotopic (exact) mass is 599 g/mol. The van der Waals surface area contributed by atoms with Crippen LogP contribution in [0.1, 0.15) is 57.4 Å². The van der Waals surface area contributed by atoms with Gasteiger partial charge in [0.25, 0.3) is 0 Å². The molecule has 0 amide bonds. The first-order valence-electron chi connectivity index (χ1n) is 12.8. The van der Waals surface area contributed by atoms with Crippen LogP contribution in [0.25, 0.3) is 11.0 Å². The number of aromatic nitrogens is 3. The number of hydrogen-bond acceptors (Lipinski definition) is 8. The molecule has 3 aromatic heterocycles. The predicted octanol–water partition coefficient (Wildman–Crippen LogP) is 6.52. The van der Waals surface area contributed by atoms with E-state index in [4.69, 9.17) is 41.8 Å². The first kappa shape index (κ1) is 28.4. The van der Waals surface area contributed by atoms with E-state index in [2.05, 4.69) is 43.8 Å². The molecule has 0 radical (unpaired) electrons. The van der Waals surface area contributed by atoms with Gasteiger partial charge in [0.15, 0.2) is 20.3 Å². The van der Waals surface area contributed by atoms with Crippen LogP contribution in [0.5, 0.6) is 0 Å². The maximum atomic E-state index is 11.7. The lowest BCUT2D eigenvalue weighted by Crippen LogP contribution is -2.41. The van der Waals surface area contributed by atoms with Crippen molar-refractivity contribution in [1.82, 2.24) is 14.5 Å². The van der Waals surface area contributed by atoms with Gasteiger partial charge >= 0.3 is 0 Å². The lowest BCUT2D eigenvalue weighted by Gasteiger charge is -2.36. The third-order valence-corrected chi connectivity index (χ3v) is 14.0. The molecule has 5 atom stereocenters. The summed E-state index contributed by atoms with van der Waals surface area (Å²) in [6.45, 7) is 15.4. The van der Waals surface area contributed by atoms with E-state index in [0.717, 1.165) is 10.4 Å². The Balaban J connectivity index is 1.41. The molecule has 8 nitrogen and oxygen atoms in total. The van der Waals surface area contributed by atoms with Crippen LogP contribution in [0.4, 0.5) is 0 Å². The van der Waals surface area contributed by atoms with E-state index in [1.165, 1.54) is 17.7 Å². The summed E-state index contributed by atoms with van der Waals surface area (Å²) in [6.07, 6.45) is 0.718. The molecule has 12 heteroatoms. The van der Waals surface area contributed by atoms with Gasteiger partial charge < -0.3 is 28.3 Å². The molecular weight excluding hydrogens is 565 g/mol. The standard InChI is InChI=1S/C26H35Cl2N3O5SSi/c1-25(2,3)38(6,7)33-11-9-14-12-16(27)37-21(14)17(32)18-19-20(36-26(4,5)35-19)24(34-18)31-10-8-15-22(28)29-13-30-23(15)31/h8,10,12-13,17-20,24,32H,9,11H2,1-7H3/t17-,18-,19-,20-,24?/m1/s1. The molecule has 5 heterocycles. The van der Waals surface area contributed by atoms with Crippen LogP contribution in [-0.2, 0) is 25.1 Å². The summed E-state index contributed by atoms with van der Waals surface area (Å²) in [6, 6.07) is 3.76. The maximum absolute atomic E-state index is 11.7. The van der Waals surface area contributed by atoms with Crippen LogP contribution in [0, 0.1) is 0 Å². The van der Waals surface area contributed by atoms with E-state index in [-0.39, 0.29) is 5.04 Å². The Morgan fingerprint density at radius 3 is 2.63 bits per heavy atom. The second-order valence-electron chi connectivity index (χ2n) is 11.9. The highest BCUT2D eigenvalue weighted by Gasteiger charge is 2.58. The summed E-state index contributed by atoms with van der Waals surface area (Å²) in [5.74, 6) is -0.835. The summed E-state index contributed by atoms with van der Waals surface area (Å²) in [4.78, 5) is 9.24. The molecule has 2 aliphatic rings. The fourth-order valence-electron chi connectivity index (χ4n) is 4.87. The Kier molecular flexibility index (Phi) is 7.54. The van der Waals surface area contributed by atoms with Crippen LogP contribution in [0.2, 0.25) is 27.6 Å². The Morgan fingerprint density at radius 1 is 1.21 bits per heavy atom. The molecule has 2 aliphatic heterocycles. The van der Waals surface area contributed by atoms with Crippen molar-refractivity contribution in [2.45, 2.75) is 95.6 Å². The molecule has 208 valence electrons. The van der Waals surface area contributed by atoms with Crippen LogP contribution in [0.3, 0.4) is 0 Å². The summed E-state index contributed by atoms with van der Waals surface area (Å²) < 4.78 is 27.9. The van der Waals surface area contributed by atoms with Crippen molar-refractivity contribution < 1.29 is 23.7 Å². The Morgan fingerprint density at radius 2 is 1.92 bits per heavy atom. The van der Waals surface area contributed by atoms with Crippen molar-refractivity contribution in [2.24, 2.45) is 0 Å². The fourth-order valence-corrected chi connectivity index (χ4v) is 7.44. The Hall–Kier alpha value is -1.08. The Labute approximate surface area is 238 Å². The number of ether oxygens (including phenoxy) is 3. The predicted molar refractivity (Wildman–Crippen MR) is 151 cm³/mol. The number of nitrogens with zero attached hydrogens (tertiary/aromatic N) is 3. The lowest BCUT2D eigenvalue weighted by atomic mass is 10.0. The minimum absolute atomic E-state index is 0.119. The maximum Gasteiger partial charge on any atom is 0.191 e. The molecular formula is C26H35Cl2N3O5SSi. The van der Waals surface area contributed by atoms with Gasteiger partial charge in [0.2, 0.25) is 0 Å². The first-order valence-corrected chi connectivity index (χ1v) is 17.2. The van der Waals surface area contributed by atoms with Gasteiger partial charge in [0, 0.05) is 17.7 Å². The molecule has 3 aromatic rings. The number of thiophene rings is 1. The molecule has 2 saturated heterocycles. The average molecular weight is 601 g/mol. The number of aliphatic hydroxyl groups excluding tert-OH is 1. The van der Waals surface area contributed by atoms with Crippen molar-refractivity contribution in [3.63, 3.8) is 0 Å². The quantitative estimate of drug-likeness (QED) is 0.244. The Bertz CT molecular complexity index is 1320. The smallest absolute Gasteiger partial charge is 0.191 e. The van der Waals surface area contributed by atoms with Crippen molar-refractivity contribution >= 4 is 53.9 Å². The first-order chi connectivity index (χ1) is 17.7. The van der Waals surface area contributed by atoms with Gasteiger partial charge in [-0.05, 0) is 56.1 Å². The zero-order valence-electron chi connectivity index (χ0n) is 22.7.